The average molecular weight is 461 g/mol. The van der Waals surface area contributed by atoms with Crippen molar-refractivity contribution in [2.24, 2.45) is 0 Å². The molecule has 10 heteroatoms. The van der Waals surface area contributed by atoms with Crippen LogP contribution in [-0.2, 0) is 16.1 Å². The molecule has 1 aromatic heterocycles. The third-order valence-electron chi connectivity index (χ3n) is 5.37. The molecule has 0 bridgehead atoms. The Morgan fingerprint density at radius 2 is 1.71 bits per heavy atom. The molecule has 2 aromatic carbocycles. The quantitative estimate of drug-likeness (QED) is 0.416. The van der Waals surface area contributed by atoms with Gasteiger partial charge in [0.25, 0.3) is 5.91 Å². The predicted octanol–water partition coefficient (Wildman–Crippen LogP) is 2.19. The Labute approximate surface area is 195 Å². The van der Waals surface area contributed by atoms with Crippen molar-refractivity contribution in [2.75, 3.05) is 19.7 Å². The highest BCUT2D eigenvalue weighted by molar-refractivity contribution is 5.92. The van der Waals surface area contributed by atoms with Crippen LogP contribution in [-0.4, -0.2) is 57.8 Å². The fourth-order valence-corrected chi connectivity index (χ4v) is 3.84. The summed E-state index contributed by atoms with van der Waals surface area (Å²) >= 11 is 0. The first kappa shape index (κ1) is 22.7. The number of hydrogen-bond acceptors (Lipinski definition) is 6. The van der Waals surface area contributed by atoms with Gasteiger partial charge < -0.3 is 20.5 Å². The monoisotopic (exact) mass is 461 g/mol. The molecule has 1 heterocycles. The smallest absolute Gasteiger partial charge is 0.407 e. The van der Waals surface area contributed by atoms with Crippen LogP contribution in [0.25, 0.3) is 11.1 Å². The molecule has 0 atom stereocenters. The maximum Gasteiger partial charge on any atom is 0.407 e. The molecular weight excluding hydrogens is 438 g/mol. The molecule has 3 aromatic rings. The number of aromatic nitrogens is 3. The van der Waals surface area contributed by atoms with Gasteiger partial charge in [-0.1, -0.05) is 59.8 Å². The third-order valence-corrected chi connectivity index (χ3v) is 5.37. The second-order valence-electron chi connectivity index (χ2n) is 7.57. The summed E-state index contributed by atoms with van der Waals surface area (Å²) in [6.07, 6.45) is 3.15. The van der Waals surface area contributed by atoms with Crippen LogP contribution in [0.4, 0.5) is 4.79 Å². The van der Waals surface area contributed by atoms with E-state index in [1.165, 1.54) is 17.0 Å². The first-order valence-electron chi connectivity index (χ1n) is 10.7. The number of benzene rings is 2. The molecule has 2 amide bonds. The zero-order valence-electron chi connectivity index (χ0n) is 18.2. The Morgan fingerprint density at radius 3 is 2.38 bits per heavy atom. The average Bonchev–Trinajstić information content (AvgIpc) is 3.43. The number of carboxylic acids is 1. The minimum absolute atomic E-state index is 0.0140. The van der Waals surface area contributed by atoms with E-state index in [1.54, 1.807) is 0 Å². The summed E-state index contributed by atoms with van der Waals surface area (Å²) in [4.78, 5) is 34.6. The minimum atomic E-state index is -1.09. The lowest BCUT2D eigenvalue weighted by molar-refractivity contribution is -0.131. The number of carboxylic acid groups (broad SMARTS) is 1. The Hall–Kier alpha value is -4.47. The van der Waals surface area contributed by atoms with E-state index in [0.29, 0.717) is 6.54 Å². The largest absolute Gasteiger partial charge is 0.478 e. The molecule has 1 aliphatic rings. The maximum absolute atomic E-state index is 12.2. The van der Waals surface area contributed by atoms with Crippen LogP contribution in [0.5, 0.6) is 0 Å². The fraction of sp³-hybridized carbons (Fsp3) is 0.208. The number of rotatable bonds is 9. The van der Waals surface area contributed by atoms with Crippen molar-refractivity contribution in [3.63, 3.8) is 0 Å². The van der Waals surface area contributed by atoms with Crippen molar-refractivity contribution >= 4 is 18.0 Å². The lowest BCUT2D eigenvalue weighted by Crippen LogP contribution is -2.29. The van der Waals surface area contributed by atoms with Gasteiger partial charge in [0.15, 0.2) is 5.69 Å². The summed E-state index contributed by atoms with van der Waals surface area (Å²) in [5.74, 6) is -1.59. The minimum Gasteiger partial charge on any atom is -0.478 e. The molecule has 0 radical (unpaired) electrons. The number of alkyl carbamates (subject to hydrolysis) is 1. The lowest BCUT2D eigenvalue weighted by atomic mass is 9.98. The Bertz CT molecular complexity index is 1190. The number of carbonyl (C=O) groups excluding carboxylic acids is 2. The van der Waals surface area contributed by atoms with Crippen molar-refractivity contribution < 1.29 is 24.2 Å². The van der Waals surface area contributed by atoms with Gasteiger partial charge in [-0.3, -0.25) is 4.79 Å². The summed E-state index contributed by atoms with van der Waals surface area (Å²) in [5.41, 5.74) is 4.70. The van der Waals surface area contributed by atoms with Gasteiger partial charge in [-0.15, -0.1) is 5.10 Å². The Kier molecular flexibility index (Phi) is 6.97. The van der Waals surface area contributed by atoms with Crippen LogP contribution in [0, 0.1) is 0 Å². The van der Waals surface area contributed by atoms with Crippen molar-refractivity contribution in [3.05, 3.63) is 83.7 Å². The molecule has 0 unspecified atom stereocenters. The highest BCUT2D eigenvalue weighted by atomic mass is 16.5. The number of aliphatic carboxylic acids is 1. The van der Waals surface area contributed by atoms with Crippen molar-refractivity contribution in [3.8, 4) is 11.1 Å². The van der Waals surface area contributed by atoms with Crippen LogP contribution in [0.15, 0.2) is 66.9 Å². The van der Waals surface area contributed by atoms with Crippen molar-refractivity contribution in [1.29, 1.82) is 0 Å². The summed E-state index contributed by atoms with van der Waals surface area (Å²) in [6.45, 7) is 0.816. The van der Waals surface area contributed by atoms with Crippen LogP contribution in [0.2, 0.25) is 0 Å². The number of hydrogen-bond donors (Lipinski definition) is 3. The number of carbonyl (C=O) groups is 3. The second kappa shape index (κ2) is 10.4. The van der Waals surface area contributed by atoms with Crippen molar-refractivity contribution in [1.82, 2.24) is 25.6 Å². The van der Waals surface area contributed by atoms with Gasteiger partial charge in [-0.2, -0.15) is 0 Å². The van der Waals surface area contributed by atoms with E-state index < -0.39 is 18.0 Å². The van der Waals surface area contributed by atoms with Gasteiger partial charge >= 0.3 is 12.1 Å². The number of amides is 2. The van der Waals surface area contributed by atoms with Crippen LogP contribution in [0.3, 0.4) is 0 Å². The van der Waals surface area contributed by atoms with E-state index in [2.05, 4.69) is 45.2 Å². The topological polar surface area (TPSA) is 135 Å². The molecular formula is C24H23N5O5. The summed E-state index contributed by atoms with van der Waals surface area (Å²) < 4.78 is 6.91. The molecule has 10 nitrogen and oxygen atoms in total. The molecule has 3 N–H and O–H groups in total. The summed E-state index contributed by atoms with van der Waals surface area (Å²) in [7, 11) is 0. The highest BCUT2D eigenvalue weighted by Gasteiger charge is 2.28. The molecule has 174 valence electrons. The van der Waals surface area contributed by atoms with Gasteiger partial charge in [-0.25, -0.2) is 14.3 Å². The number of nitrogens with one attached hydrogen (secondary N) is 2. The fourth-order valence-electron chi connectivity index (χ4n) is 3.84. The van der Waals surface area contributed by atoms with E-state index in [1.807, 2.05) is 24.3 Å². The van der Waals surface area contributed by atoms with E-state index in [0.717, 1.165) is 28.3 Å². The Morgan fingerprint density at radius 1 is 1.03 bits per heavy atom. The van der Waals surface area contributed by atoms with Crippen LogP contribution < -0.4 is 10.6 Å². The van der Waals surface area contributed by atoms with Crippen LogP contribution in [0.1, 0.15) is 27.5 Å². The highest BCUT2D eigenvalue weighted by Crippen LogP contribution is 2.44. The lowest BCUT2D eigenvalue weighted by Gasteiger charge is -2.14. The number of fused-ring (bicyclic) bond motifs is 3. The van der Waals surface area contributed by atoms with E-state index in [4.69, 9.17) is 9.84 Å². The van der Waals surface area contributed by atoms with E-state index >= 15 is 0 Å². The van der Waals surface area contributed by atoms with Gasteiger partial charge in [0.2, 0.25) is 0 Å². The number of ether oxygens (including phenoxy) is 1. The normalized spacial score (nSPS) is 12.2. The van der Waals surface area contributed by atoms with E-state index in [9.17, 15) is 14.4 Å². The van der Waals surface area contributed by atoms with Gasteiger partial charge in [0.05, 0.1) is 12.7 Å². The first-order valence-corrected chi connectivity index (χ1v) is 10.7. The van der Waals surface area contributed by atoms with Gasteiger partial charge in [0.1, 0.15) is 6.61 Å². The number of nitrogens with zero attached hydrogens (tertiary/aromatic N) is 3. The molecule has 0 saturated heterocycles. The SMILES string of the molecule is O=C(O)/C=C/CNC(=O)c1cn(CCNC(=O)OCC2c3ccccc3-c3ccccc32)nn1. The zero-order chi connectivity index (χ0) is 23.9. The van der Waals surface area contributed by atoms with E-state index in [-0.39, 0.29) is 31.3 Å². The summed E-state index contributed by atoms with van der Waals surface area (Å²) in [6, 6.07) is 16.2. The zero-order valence-corrected chi connectivity index (χ0v) is 18.2. The van der Waals surface area contributed by atoms with Crippen LogP contribution >= 0.6 is 0 Å². The second-order valence-corrected chi connectivity index (χ2v) is 7.57. The molecule has 0 saturated carbocycles. The molecule has 4 rings (SSSR count). The van der Waals surface area contributed by atoms with Gasteiger partial charge in [0, 0.05) is 25.1 Å². The molecule has 1 aliphatic carbocycles. The third kappa shape index (κ3) is 5.29. The molecule has 0 aliphatic heterocycles. The Balaban J connectivity index is 1.23. The van der Waals surface area contributed by atoms with Crippen molar-refractivity contribution in [2.45, 2.75) is 12.5 Å². The first-order chi connectivity index (χ1) is 16.5. The summed E-state index contributed by atoms with van der Waals surface area (Å²) in [5, 5.41) is 21.3. The molecule has 0 fully saturated rings. The maximum atomic E-state index is 12.2. The molecule has 0 spiro atoms. The molecule has 34 heavy (non-hydrogen) atoms. The predicted molar refractivity (Wildman–Crippen MR) is 122 cm³/mol. The standard InChI is InChI=1S/C24H23N5O5/c30-22(31)10-5-11-25-23(32)21-14-29(28-27-21)13-12-26-24(33)34-15-20-18-8-3-1-6-16(18)17-7-2-4-9-19(17)20/h1-10,14,20H,11-13,15H2,(H,25,32)(H,26,33)(H,30,31)/b10-5+. The van der Waals surface area contributed by atoms with Gasteiger partial charge in [-0.05, 0) is 22.3 Å².